The van der Waals surface area contributed by atoms with Crippen LogP contribution in [0.5, 0.6) is 0 Å². The number of carboxylic acid groups (broad SMARTS) is 1. The molecule has 104 valence electrons. The average molecular weight is 298 g/mol. The first-order valence-corrected chi connectivity index (χ1v) is 8.43. The summed E-state index contributed by atoms with van der Waals surface area (Å²) in [6.07, 6.45) is 4.65. The van der Waals surface area contributed by atoms with Crippen LogP contribution in [0.15, 0.2) is 9.72 Å². The summed E-state index contributed by atoms with van der Waals surface area (Å²) < 4.78 is 1.06. The van der Waals surface area contributed by atoms with Crippen molar-refractivity contribution < 1.29 is 9.90 Å². The summed E-state index contributed by atoms with van der Waals surface area (Å²) >= 11 is 3.40. The van der Waals surface area contributed by atoms with E-state index in [1.165, 1.54) is 0 Å². The maximum absolute atomic E-state index is 11.6. The van der Waals surface area contributed by atoms with Crippen molar-refractivity contribution in [3.63, 3.8) is 0 Å². The fraction of sp³-hybridized carbons (Fsp3) is 0.692. The second-order valence-electron chi connectivity index (χ2n) is 5.54. The third kappa shape index (κ3) is 2.95. The number of nitrogens with one attached hydrogen (secondary N) is 1. The smallest absolute Gasteiger partial charge is 0.323 e. The number of aliphatic carboxylic acids is 1. The highest BCUT2D eigenvalue weighted by atomic mass is 32.2. The lowest BCUT2D eigenvalue weighted by atomic mass is 9.98. The number of nitrogens with zero attached hydrogens (tertiary/aromatic N) is 1. The minimum absolute atomic E-state index is 0.368. The zero-order chi connectivity index (χ0) is 13.5. The second kappa shape index (κ2) is 5.07. The Morgan fingerprint density at radius 1 is 1.58 bits per heavy atom. The predicted molar refractivity (Wildman–Crippen MR) is 76.9 cm³/mol. The molecule has 0 spiro atoms. The Balaban J connectivity index is 1.65. The number of rotatable bonds is 5. The maximum Gasteiger partial charge on any atom is 0.323 e. The molecule has 6 heteroatoms. The van der Waals surface area contributed by atoms with Crippen LogP contribution in [0.25, 0.3) is 0 Å². The van der Waals surface area contributed by atoms with Crippen molar-refractivity contribution >= 4 is 29.1 Å². The lowest BCUT2D eigenvalue weighted by molar-refractivity contribution is -0.144. The molecule has 2 aliphatic rings. The molecule has 2 fully saturated rings. The van der Waals surface area contributed by atoms with Gasteiger partial charge in [-0.3, -0.25) is 10.1 Å². The summed E-state index contributed by atoms with van der Waals surface area (Å²) in [6, 6.07) is 0.432. The molecule has 3 rings (SSSR count). The molecule has 19 heavy (non-hydrogen) atoms. The van der Waals surface area contributed by atoms with Crippen molar-refractivity contribution in [3.05, 3.63) is 11.1 Å². The van der Waals surface area contributed by atoms with Crippen LogP contribution >= 0.6 is 23.1 Å². The summed E-state index contributed by atoms with van der Waals surface area (Å²) in [5, 5.41) is 15.3. The molecule has 0 aromatic carbocycles. The Hall–Kier alpha value is -0.590. The van der Waals surface area contributed by atoms with Crippen LogP contribution in [0.3, 0.4) is 0 Å². The molecule has 0 aliphatic heterocycles. The van der Waals surface area contributed by atoms with Gasteiger partial charge in [-0.1, -0.05) is 11.8 Å². The Morgan fingerprint density at radius 2 is 2.37 bits per heavy atom. The van der Waals surface area contributed by atoms with Gasteiger partial charge in [-0.2, -0.15) is 0 Å². The van der Waals surface area contributed by atoms with Crippen molar-refractivity contribution in [3.8, 4) is 0 Å². The molecule has 4 nitrogen and oxygen atoms in total. The van der Waals surface area contributed by atoms with Gasteiger partial charge in [0.15, 0.2) is 0 Å². The lowest BCUT2D eigenvalue weighted by Crippen LogP contribution is -2.51. The topological polar surface area (TPSA) is 62.2 Å². The maximum atomic E-state index is 11.6. The number of hydrogen-bond acceptors (Lipinski definition) is 5. The van der Waals surface area contributed by atoms with Gasteiger partial charge in [0.2, 0.25) is 0 Å². The van der Waals surface area contributed by atoms with Crippen molar-refractivity contribution in [2.45, 2.75) is 60.2 Å². The van der Waals surface area contributed by atoms with E-state index in [2.05, 4.69) is 10.3 Å². The van der Waals surface area contributed by atoms with Crippen LogP contribution in [-0.4, -0.2) is 32.9 Å². The first-order valence-electron chi connectivity index (χ1n) is 6.67. The molecule has 1 heterocycles. The molecule has 0 saturated heterocycles. The van der Waals surface area contributed by atoms with Crippen molar-refractivity contribution in [1.29, 1.82) is 0 Å². The van der Waals surface area contributed by atoms with Gasteiger partial charge in [0, 0.05) is 22.4 Å². The Labute approximate surface area is 121 Å². The van der Waals surface area contributed by atoms with Gasteiger partial charge in [-0.15, -0.1) is 11.3 Å². The minimum Gasteiger partial charge on any atom is -0.480 e. The highest BCUT2D eigenvalue weighted by Gasteiger charge is 2.48. The molecule has 0 amide bonds. The Morgan fingerprint density at radius 3 is 2.95 bits per heavy atom. The number of hydrogen-bond donors (Lipinski definition) is 2. The summed E-state index contributed by atoms with van der Waals surface area (Å²) in [6.45, 7) is 1.99. The largest absolute Gasteiger partial charge is 0.480 e. The van der Waals surface area contributed by atoms with Gasteiger partial charge in [0.25, 0.3) is 0 Å². The summed E-state index contributed by atoms with van der Waals surface area (Å²) in [7, 11) is 0. The third-order valence-corrected chi connectivity index (χ3v) is 6.16. The van der Waals surface area contributed by atoms with E-state index in [-0.39, 0.29) is 0 Å². The standard InChI is InChI=1S/C13H18N2O2S2/c1-8-7-18-12(14-8)19-10-4-5-13(6-10,11(16)17)15-9-2-3-9/h7,9-10,15H,2-6H2,1H3,(H,16,17). The molecule has 2 unspecified atom stereocenters. The summed E-state index contributed by atoms with van der Waals surface area (Å²) in [4.78, 5) is 16.1. The number of aryl methyl sites for hydroxylation is 1. The van der Waals surface area contributed by atoms with Crippen molar-refractivity contribution in [1.82, 2.24) is 10.3 Å². The van der Waals surface area contributed by atoms with E-state index in [1.807, 2.05) is 12.3 Å². The van der Waals surface area contributed by atoms with Gasteiger partial charge in [-0.05, 0) is 39.0 Å². The van der Waals surface area contributed by atoms with Crippen molar-refractivity contribution in [2.24, 2.45) is 0 Å². The molecule has 2 N–H and O–H groups in total. The number of thiazole rings is 1. The molecule has 0 radical (unpaired) electrons. The molecule has 2 saturated carbocycles. The quantitative estimate of drug-likeness (QED) is 0.875. The van der Waals surface area contributed by atoms with Crippen LogP contribution < -0.4 is 5.32 Å². The molecule has 2 aliphatic carbocycles. The van der Waals surface area contributed by atoms with Crippen LogP contribution in [0.4, 0.5) is 0 Å². The van der Waals surface area contributed by atoms with E-state index in [0.717, 1.165) is 35.7 Å². The van der Waals surface area contributed by atoms with Crippen LogP contribution in [0.2, 0.25) is 0 Å². The van der Waals surface area contributed by atoms with Gasteiger partial charge in [0.05, 0.1) is 0 Å². The first-order chi connectivity index (χ1) is 9.07. The van der Waals surface area contributed by atoms with E-state index < -0.39 is 11.5 Å². The number of thioether (sulfide) groups is 1. The highest BCUT2D eigenvalue weighted by Crippen LogP contribution is 2.42. The molecular weight excluding hydrogens is 280 g/mol. The molecular formula is C13H18N2O2S2. The van der Waals surface area contributed by atoms with E-state index in [9.17, 15) is 9.90 Å². The molecule has 1 aromatic rings. The highest BCUT2D eigenvalue weighted by molar-refractivity contribution is 8.01. The lowest BCUT2D eigenvalue weighted by Gasteiger charge is -2.25. The number of carboxylic acids is 1. The fourth-order valence-electron chi connectivity index (χ4n) is 2.64. The predicted octanol–water partition coefficient (Wildman–Crippen LogP) is 2.67. The summed E-state index contributed by atoms with van der Waals surface area (Å²) in [5.74, 6) is -0.683. The number of carbonyl (C=O) groups is 1. The van der Waals surface area contributed by atoms with Crippen LogP contribution in [0, 0.1) is 6.92 Å². The monoisotopic (exact) mass is 298 g/mol. The summed E-state index contributed by atoms with van der Waals surface area (Å²) in [5.41, 5.74) is 0.358. The minimum atomic E-state index is -0.689. The van der Waals surface area contributed by atoms with Crippen LogP contribution in [-0.2, 0) is 4.79 Å². The average Bonchev–Trinajstić information content (AvgIpc) is 2.92. The molecule has 0 bridgehead atoms. The van der Waals surface area contributed by atoms with Gasteiger partial charge in [-0.25, -0.2) is 4.98 Å². The zero-order valence-electron chi connectivity index (χ0n) is 10.9. The number of aromatic nitrogens is 1. The van der Waals surface area contributed by atoms with Crippen molar-refractivity contribution in [2.75, 3.05) is 0 Å². The Bertz CT molecular complexity index is 487. The second-order valence-corrected chi connectivity index (χ2v) is 7.95. The third-order valence-electron chi connectivity index (χ3n) is 3.80. The van der Waals surface area contributed by atoms with Crippen LogP contribution in [0.1, 0.15) is 37.8 Å². The van der Waals surface area contributed by atoms with E-state index in [4.69, 9.17) is 0 Å². The van der Waals surface area contributed by atoms with Gasteiger partial charge in [0.1, 0.15) is 9.88 Å². The molecule has 2 atom stereocenters. The SMILES string of the molecule is Cc1csc(SC2CCC(NC3CC3)(C(=O)O)C2)n1. The van der Waals surface area contributed by atoms with Gasteiger partial charge < -0.3 is 5.11 Å². The Kier molecular flexibility index (Phi) is 3.57. The van der Waals surface area contributed by atoms with Gasteiger partial charge >= 0.3 is 5.97 Å². The fourth-order valence-corrected chi connectivity index (χ4v) is 5.02. The molecule has 1 aromatic heterocycles. The van der Waals surface area contributed by atoms with E-state index in [0.29, 0.717) is 17.7 Å². The first kappa shape index (κ1) is 13.4. The zero-order valence-corrected chi connectivity index (χ0v) is 12.5. The van der Waals surface area contributed by atoms with E-state index in [1.54, 1.807) is 23.1 Å². The normalized spacial score (nSPS) is 30.7. The van der Waals surface area contributed by atoms with E-state index >= 15 is 0 Å².